The third-order valence-corrected chi connectivity index (χ3v) is 4.58. The van der Waals surface area contributed by atoms with Gasteiger partial charge in [0.05, 0.1) is 17.1 Å². The second-order valence-electron chi connectivity index (χ2n) is 6.66. The first-order chi connectivity index (χ1) is 12.7. The highest BCUT2D eigenvalue weighted by atomic mass is 35.5. The Labute approximate surface area is 163 Å². The van der Waals surface area contributed by atoms with E-state index in [4.69, 9.17) is 11.6 Å². The summed E-state index contributed by atoms with van der Waals surface area (Å²) in [5.74, 6) is 0.348. The molecule has 0 spiro atoms. The first-order valence-electron chi connectivity index (χ1n) is 8.58. The van der Waals surface area contributed by atoms with Gasteiger partial charge in [0.25, 0.3) is 0 Å². The van der Waals surface area contributed by atoms with Crippen molar-refractivity contribution in [1.29, 1.82) is 0 Å². The summed E-state index contributed by atoms with van der Waals surface area (Å²) >= 11 is 6.20. The van der Waals surface area contributed by atoms with E-state index in [-0.39, 0.29) is 5.91 Å². The number of nitrogens with zero attached hydrogens (tertiary/aromatic N) is 4. The van der Waals surface area contributed by atoms with E-state index in [1.807, 2.05) is 45.9 Å². The molecule has 0 aliphatic rings. The number of amides is 1. The zero-order chi connectivity index (χ0) is 19.7. The molecular formula is C20H22ClN5O. The van der Waals surface area contributed by atoms with E-state index in [9.17, 15) is 4.79 Å². The lowest BCUT2D eigenvalue weighted by Crippen LogP contribution is -2.12. The Hall–Kier alpha value is -2.86. The van der Waals surface area contributed by atoms with Gasteiger partial charge in [0.2, 0.25) is 5.91 Å². The highest BCUT2D eigenvalue weighted by Crippen LogP contribution is 2.21. The first kappa shape index (κ1) is 18.9. The predicted octanol–water partition coefficient (Wildman–Crippen LogP) is 4.14. The maximum atomic E-state index is 12.4. The molecule has 27 heavy (non-hydrogen) atoms. The number of benzene rings is 1. The van der Waals surface area contributed by atoms with Crippen molar-refractivity contribution >= 4 is 29.4 Å². The number of nitrogens with one attached hydrogen (secondary N) is 1. The molecule has 1 N–H and O–H groups in total. The Morgan fingerprint density at radius 1 is 1.07 bits per heavy atom. The molecule has 0 unspecified atom stereocenters. The molecule has 1 aromatic carbocycles. The minimum absolute atomic E-state index is 0.264. The van der Waals surface area contributed by atoms with Gasteiger partial charge in [-0.05, 0) is 57.0 Å². The predicted molar refractivity (Wildman–Crippen MR) is 108 cm³/mol. The van der Waals surface area contributed by atoms with Crippen molar-refractivity contribution in [3.8, 4) is 5.69 Å². The van der Waals surface area contributed by atoms with Crippen LogP contribution in [-0.4, -0.2) is 25.5 Å². The summed E-state index contributed by atoms with van der Waals surface area (Å²) in [4.78, 5) is 12.4. The fourth-order valence-corrected chi connectivity index (χ4v) is 3.26. The van der Waals surface area contributed by atoms with Gasteiger partial charge in [-0.1, -0.05) is 17.7 Å². The number of aryl methyl sites for hydroxylation is 5. The van der Waals surface area contributed by atoms with Crippen LogP contribution < -0.4 is 5.32 Å². The molecule has 3 rings (SSSR count). The number of carbonyl (C=O) groups excluding carboxylic acids is 1. The van der Waals surface area contributed by atoms with Crippen LogP contribution in [0.4, 0.5) is 5.82 Å². The summed E-state index contributed by atoms with van der Waals surface area (Å²) in [5, 5.41) is 12.1. The molecule has 0 radical (unpaired) electrons. The minimum atomic E-state index is -0.264. The molecule has 7 heteroatoms. The summed E-state index contributed by atoms with van der Waals surface area (Å²) in [7, 11) is 1.76. The van der Waals surface area contributed by atoms with Crippen LogP contribution >= 0.6 is 11.6 Å². The molecule has 0 saturated carbocycles. The lowest BCUT2D eigenvalue weighted by atomic mass is 10.1. The highest BCUT2D eigenvalue weighted by molar-refractivity contribution is 6.31. The Balaban J connectivity index is 1.86. The topological polar surface area (TPSA) is 64.7 Å². The maximum absolute atomic E-state index is 12.4. The van der Waals surface area contributed by atoms with Crippen LogP contribution in [0, 0.1) is 27.7 Å². The number of rotatable bonds is 4. The SMILES string of the molecule is Cc1cc(C)cc(-n2nc(C)cc2NC(=O)C=Cc2c(C)nn(C)c2Cl)c1. The Kier molecular flexibility index (Phi) is 5.19. The number of carbonyl (C=O) groups is 1. The molecule has 0 aliphatic carbocycles. The normalized spacial score (nSPS) is 11.3. The van der Waals surface area contributed by atoms with Crippen molar-refractivity contribution < 1.29 is 4.79 Å². The van der Waals surface area contributed by atoms with Gasteiger partial charge in [-0.25, -0.2) is 4.68 Å². The number of hydrogen-bond donors (Lipinski definition) is 1. The van der Waals surface area contributed by atoms with Crippen LogP contribution in [0.25, 0.3) is 11.8 Å². The summed E-state index contributed by atoms with van der Waals surface area (Å²) in [6.45, 7) is 7.81. The van der Waals surface area contributed by atoms with Crippen LogP contribution in [0.5, 0.6) is 0 Å². The van der Waals surface area contributed by atoms with Gasteiger partial charge < -0.3 is 5.32 Å². The molecule has 2 heterocycles. The lowest BCUT2D eigenvalue weighted by Gasteiger charge is -2.09. The van der Waals surface area contributed by atoms with Crippen molar-refractivity contribution in [1.82, 2.24) is 19.6 Å². The van der Waals surface area contributed by atoms with Gasteiger partial charge in [-0.2, -0.15) is 10.2 Å². The fourth-order valence-electron chi connectivity index (χ4n) is 3.02. The van der Waals surface area contributed by atoms with E-state index >= 15 is 0 Å². The van der Waals surface area contributed by atoms with Crippen molar-refractivity contribution in [2.75, 3.05) is 5.32 Å². The van der Waals surface area contributed by atoms with Crippen LogP contribution in [0.1, 0.15) is 28.1 Å². The average Bonchev–Trinajstić information content (AvgIpc) is 3.04. The second kappa shape index (κ2) is 7.40. The summed E-state index contributed by atoms with van der Waals surface area (Å²) in [6.07, 6.45) is 3.12. The summed E-state index contributed by atoms with van der Waals surface area (Å²) in [6, 6.07) is 8.00. The standard InChI is InChI=1S/C20H22ClN5O/c1-12-8-13(2)10-16(9-12)26-18(11-14(3)23-26)22-19(27)7-6-17-15(4)24-25(5)20(17)21/h6-11H,1-5H3,(H,22,27). The highest BCUT2D eigenvalue weighted by Gasteiger charge is 2.12. The maximum Gasteiger partial charge on any atom is 0.249 e. The van der Waals surface area contributed by atoms with E-state index in [1.165, 1.54) is 6.08 Å². The first-order valence-corrected chi connectivity index (χ1v) is 8.96. The van der Waals surface area contributed by atoms with Crippen LogP contribution in [0.15, 0.2) is 30.3 Å². The van der Waals surface area contributed by atoms with Gasteiger partial charge in [0.1, 0.15) is 11.0 Å². The van der Waals surface area contributed by atoms with Crippen LogP contribution in [-0.2, 0) is 11.8 Å². The largest absolute Gasteiger partial charge is 0.307 e. The molecule has 0 bridgehead atoms. The summed E-state index contributed by atoms with van der Waals surface area (Å²) < 4.78 is 3.32. The number of halogens is 1. The zero-order valence-electron chi connectivity index (χ0n) is 16.0. The minimum Gasteiger partial charge on any atom is -0.307 e. The molecule has 6 nitrogen and oxygen atoms in total. The zero-order valence-corrected chi connectivity index (χ0v) is 16.8. The second-order valence-corrected chi connectivity index (χ2v) is 7.02. The summed E-state index contributed by atoms with van der Waals surface area (Å²) in [5.41, 5.74) is 5.50. The molecule has 0 atom stereocenters. The number of aromatic nitrogens is 4. The van der Waals surface area contributed by atoms with Crippen LogP contribution in [0.2, 0.25) is 5.15 Å². The van der Waals surface area contributed by atoms with E-state index < -0.39 is 0 Å². The van der Waals surface area contributed by atoms with E-state index in [2.05, 4.69) is 21.6 Å². The van der Waals surface area contributed by atoms with E-state index in [1.54, 1.807) is 22.5 Å². The molecule has 0 fully saturated rings. The molecule has 140 valence electrons. The van der Waals surface area contributed by atoms with Crippen LogP contribution in [0.3, 0.4) is 0 Å². The van der Waals surface area contributed by atoms with E-state index in [0.717, 1.165) is 33.8 Å². The third kappa shape index (κ3) is 4.11. The van der Waals surface area contributed by atoms with Gasteiger partial charge >= 0.3 is 0 Å². The smallest absolute Gasteiger partial charge is 0.249 e. The molecule has 2 aromatic heterocycles. The van der Waals surface area contributed by atoms with Crippen molar-refractivity contribution in [2.24, 2.45) is 7.05 Å². The molecule has 1 amide bonds. The number of hydrogen-bond acceptors (Lipinski definition) is 3. The molecule has 0 aliphatic heterocycles. The Bertz CT molecular complexity index is 1020. The van der Waals surface area contributed by atoms with Crippen molar-refractivity contribution in [3.63, 3.8) is 0 Å². The molecule has 0 saturated heterocycles. The van der Waals surface area contributed by atoms with E-state index in [0.29, 0.717) is 11.0 Å². The quantitative estimate of drug-likeness (QED) is 0.688. The third-order valence-electron chi connectivity index (χ3n) is 4.13. The monoisotopic (exact) mass is 383 g/mol. The average molecular weight is 384 g/mol. The van der Waals surface area contributed by atoms with Gasteiger partial charge in [-0.15, -0.1) is 0 Å². The van der Waals surface area contributed by atoms with Crippen molar-refractivity contribution in [2.45, 2.75) is 27.7 Å². The fraction of sp³-hybridized carbons (Fsp3) is 0.250. The molecule has 3 aromatic rings. The Morgan fingerprint density at radius 2 is 1.74 bits per heavy atom. The molecular weight excluding hydrogens is 362 g/mol. The van der Waals surface area contributed by atoms with Gasteiger partial charge in [0.15, 0.2) is 0 Å². The van der Waals surface area contributed by atoms with Gasteiger partial charge in [-0.3, -0.25) is 9.48 Å². The Morgan fingerprint density at radius 3 is 2.33 bits per heavy atom. The van der Waals surface area contributed by atoms with Gasteiger partial charge in [0, 0.05) is 24.8 Å². The van der Waals surface area contributed by atoms with Crippen molar-refractivity contribution in [3.05, 3.63) is 63.6 Å². The number of anilines is 1. The lowest BCUT2D eigenvalue weighted by molar-refractivity contribution is -0.111.